The summed E-state index contributed by atoms with van der Waals surface area (Å²) in [5, 5.41) is 17.3. The van der Waals surface area contributed by atoms with E-state index < -0.39 is 0 Å². The van der Waals surface area contributed by atoms with Gasteiger partial charge >= 0.3 is 0 Å². The van der Waals surface area contributed by atoms with Crippen LogP contribution in [0.5, 0.6) is 0 Å². The van der Waals surface area contributed by atoms with Crippen LogP contribution >= 0.6 is 0 Å². The van der Waals surface area contributed by atoms with E-state index >= 15 is 0 Å². The molecular formula is C6H15NO2. The summed E-state index contributed by atoms with van der Waals surface area (Å²) in [6, 6.07) is -0.0139. The standard InChI is InChI=1S/C6H15NO2/c1-3-6(8)4-5(2)7-9/h5-9H,3-4H2,1-2H3. The van der Waals surface area contributed by atoms with Gasteiger partial charge in [-0.05, 0) is 19.8 Å². The molecule has 0 amide bonds. The van der Waals surface area contributed by atoms with Crippen molar-refractivity contribution in [2.24, 2.45) is 0 Å². The molecule has 0 radical (unpaired) electrons. The van der Waals surface area contributed by atoms with Gasteiger partial charge in [-0.3, -0.25) is 0 Å². The molecular weight excluding hydrogens is 118 g/mol. The molecule has 3 heteroatoms. The molecule has 0 spiro atoms. The molecule has 2 atom stereocenters. The lowest BCUT2D eigenvalue weighted by molar-refractivity contribution is 0.0862. The first-order valence-corrected chi connectivity index (χ1v) is 3.28. The highest BCUT2D eigenvalue weighted by molar-refractivity contribution is 4.60. The first-order chi connectivity index (χ1) is 4.20. The molecule has 0 aromatic heterocycles. The van der Waals surface area contributed by atoms with Crippen molar-refractivity contribution in [1.82, 2.24) is 5.48 Å². The van der Waals surface area contributed by atoms with E-state index in [1.807, 2.05) is 13.8 Å². The molecule has 56 valence electrons. The largest absolute Gasteiger partial charge is 0.393 e. The van der Waals surface area contributed by atoms with Crippen molar-refractivity contribution in [2.75, 3.05) is 0 Å². The average Bonchev–Trinajstić information content (AvgIpc) is 1.87. The Hall–Kier alpha value is -0.120. The molecule has 0 aromatic carbocycles. The molecule has 2 unspecified atom stereocenters. The molecule has 0 heterocycles. The summed E-state index contributed by atoms with van der Waals surface area (Å²) < 4.78 is 0. The van der Waals surface area contributed by atoms with Crippen molar-refractivity contribution in [3.05, 3.63) is 0 Å². The molecule has 0 aliphatic carbocycles. The monoisotopic (exact) mass is 133 g/mol. The summed E-state index contributed by atoms with van der Waals surface area (Å²) in [4.78, 5) is 0. The Kier molecular flexibility index (Phi) is 4.67. The van der Waals surface area contributed by atoms with Crippen molar-refractivity contribution in [3.63, 3.8) is 0 Å². The summed E-state index contributed by atoms with van der Waals surface area (Å²) in [5.74, 6) is 0. The van der Waals surface area contributed by atoms with E-state index in [2.05, 4.69) is 5.48 Å². The second-order valence-corrected chi connectivity index (χ2v) is 2.33. The highest BCUT2D eigenvalue weighted by Crippen LogP contribution is 1.99. The SMILES string of the molecule is CCC(O)CC(C)NO. The van der Waals surface area contributed by atoms with Crippen molar-refractivity contribution in [1.29, 1.82) is 0 Å². The molecule has 3 N–H and O–H groups in total. The van der Waals surface area contributed by atoms with Crippen LogP contribution in [-0.4, -0.2) is 22.5 Å². The minimum Gasteiger partial charge on any atom is -0.393 e. The summed E-state index contributed by atoms with van der Waals surface area (Å²) in [6.45, 7) is 3.73. The van der Waals surface area contributed by atoms with Crippen LogP contribution in [0.2, 0.25) is 0 Å². The van der Waals surface area contributed by atoms with Gasteiger partial charge in [-0.15, -0.1) is 0 Å². The van der Waals surface area contributed by atoms with Crippen molar-refractivity contribution in [2.45, 2.75) is 38.8 Å². The van der Waals surface area contributed by atoms with E-state index in [1.165, 1.54) is 0 Å². The van der Waals surface area contributed by atoms with Crippen LogP contribution in [0.25, 0.3) is 0 Å². The zero-order valence-corrected chi connectivity index (χ0v) is 5.96. The van der Waals surface area contributed by atoms with Crippen LogP contribution in [0.1, 0.15) is 26.7 Å². The van der Waals surface area contributed by atoms with Gasteiger partial charge in [0.15, 0.2) is 0 Å². The number of hydrogen-bond acceptors (Lipinski definition) is 3. The highest BCUT2D eigenvalue weighted by atomic mass is 16.5. The fourth-order valence-corrected chi connectivity index (χ4v) is 0.627. The first kappa shape index (κ1) is 8.88. The van der Waals surface area contributed by atoms with E-state index in [0.29, 0.717) is 6.42 Å². The quantitative estimate of drug-likeness (QED) is 0.490. The summed E-state index contributed by atoms with van der Waals surface area (Å²) in [5.41, 5.74) is 2.07. The van der Waals surface area contributed by atoms with Crippen molar-refractivity contribution < 1.29 is 10.3 Å². The maximum absolute atomic E-state index is 9.01. The van der Waals surface area contributed by atoms with E-state index in [4.69, 9.17) is 10.3 Å². The highest BCUT2D eigenvalue weighted by Gasteiger charge is 2.05. The summed E-state index contributed by atoms with van der Waals surface area (Å²) >= 11 is 0. The van der Waals surface area contributed by atoms with Gasteiger partial charge in [-0.2, -0.15) is 0 Å². The topological polar surface area (TPSA) is 52.5 Å². The van der Waals surface area contributed by atoms with Crippen LogP contribution in [-0.2, 0) is 0 Å². The third kappa shape index (κ3) is 4.39. The summed E-state index contributed by atoms with van der Waals surface area (Å²) in [6.07, 6.45) is 1.05. The molecule has 0 aromatic rings. The van der Waals surface area contributed by atoms with E-state index in [9.17, 15) is 0 Å². The number of aliphatic hydroxyl groups is 1. The van der Waals surface area contributed by atoms with Gasteiger partial charge in [0.1, 0.15) is 0 Å². The van der Waals surface area contributed by atoms with Gasteiger partial charge in [0.05, 0.1) is 6.10 Å². The van der Waals surface area contributed by atoms with E-state index in [-0.39, 0.29) is 12.1 Å². The smallest absolute Gasteiger partial charge is 0.0553 e. The maximum Gasteiger partial charge on any atom is 0.0553 e. The van der Waals surface area contributed by atoms with Crippen LogP contribution in [0.4, 0.5) is 0 Å². The Labute approximate surface area is 55.7 Å². The predicted octanol–water partition coefficient (Wildman–Crippen LogP) is 0.515. The maximum atomic E-state index is 9.01. The molecule has 3 nitrogen and oxygen atoms in total. The lowest BCUT2D eigenvalue weighted by Crippen LogP contribution is -2.26. The normalized spacial score (nSPS) is 17.3. The molecule has 0 saturated carbocycles. The van der Waals surface area contributed by atoms with Gasteiger partial charge in [-0.1, -0.05) is 6.92 Å². The van der Waals surface area contributed by atoms with Crippen LogP contribution < -0.4 is 5.48 Å². The average molecular weight is 133 g/mol. The lowest BCUT2D eigenvalue weighted by atomic mass is 10.1. The second kappa shape index (κ2) is 4.73. The van der Waals surface area contributed by atoms with Crippen LogP contribution in [0, 0.1) is 0 Å². The number of nitrogens with one attached hydrogen (secondary N) is 1. The van der Waals surface area contributed by atoms with Crippen molar-refractivity contribution in [3.8, 4) is 0 Å². The van der Waals surface area contributed by atoms with Gasteiger partial charge in [0.2, 0.25) is 0 Å². The Morgan fingerprint density at radius 1 is 1.56 bits per heavy atom. The predicted molar refractivity (Wildman–Crippen MR) is 35.3 cm³/mol. The summed E-state index contributed by atoms with van der Waals surface area (Å²) in [7, 11) is 0. The van der Waals surface area contributed by atoms with Crippen LogP contribution in [0.3, 0.4) is 0 Å². The van der Waals surface area contributed by atoms with Crippen molar-refractivity contribution >= 4 is 0 Å². The van der Waals surface area contributed by atoms with Gasteiger partial charge in [0, 0.05) is 6.04 Å². The minimum atomic E-state index is -0.292. The molecule has 9 heavy (non-hydrogen) atoms. The zero-order chi connectivity index (χ0) is 7.28. The Balaban J connectivity index is 3.22. The van der Waals surface area contributed by atoms with Gasteiger partial charge in [0.25, 0.3) is 0 Å². The Morgan fingerprint density at radius 2 is 2.11 bits per heavy atom. The molecule has 0 rings (SSSR count). The Morgan fingerprint density at radius 3 is 2.44 bits per heavy atom. The van der Waals surface area contributed by atoms with E-state index in [1.54, 1.807) is 0 Å². The first-order valence-electron chi connectivity index (χ1n) is 3.28. The molecule has 0 aliphatic heterocycles. The minimum absolute atomic E-state index is 0.0139. The number of aliphatic hydroxyl groups excluding tert-OH is 1. The molecule has 0 bridgehead atoms. The third-order valence-corrected chi connectivity index (χ3v) is 1.32. The van der Waals surface area contributed by atoms with E-state index in [0.717, 1.165) is 6.42 Å². The number of rotatable bonds is 4. The second-order valence-electron chi connectivity index (χ2n) is 2.33. The van der Waals surface area contributed by atoms with Crippen LogP contribution in [0.15, 0.2) is 0 Å². The molecule has 0 aliphatic rings. The third-order valence-electron chi connectivity index (χ3n) is 1.32. The lowest BCUT2D eigenvalue weighted by Gasteiger charge is -2.12. The number of hydroxylamine groups is 1. The zero-order valence-electron chi connectivity index (χ0n) is 5.96. The number of hydrogen-bond donors (Lipinski definition) is 3. The molecule has 0 saturated heterocycles. The van der Waals surface area contributed by atoms with Gasteiger partial charge in [-0.25, -0.2) is 5.48 Å². The Bertz CT molecular complexity index is 60.1. The molecule has 0 fully saturated rings. The fourth-order valence-electron chi connectivity index (χ4n) is 0.627. The van der Waals surface area contributed by atoms with Gasteiger partial charge < -0.3 is 10.3 Å². The fraction of sp³-hybridized carbons (Fsp3) is 1.00.